The maximum atomic E-state index is 13.2. The summed E-state index contributed by atoms with van der Waals surface area (Å²) in [6.45, 7) is 1.57. The van der Waals surface area contributed by atoms with Crippen LogP contribution < -0.4 is 5.32 Å². The lowest BCUT2D eigenvalue weighted by Gasteiger charge is -2.30. The van der Waals surface area contributed by atoms with Crippen LogP contribution in [-0.2, 0) is 13.0 Å². The van der Waals surface area contributed by atoms with Crippen LogP contribution in [0.4, 0.5) is 4.39 Å². The van der Waals surface area contributed by atoms with Gasteiger partial charge in [0, 0.05) is 24.0 Å². The zero-order valence-corrected chi connectivity index (χ0v) is 11.3. The van der Waals surface area contributed by atoms with Gasteiger partial charge in [0.1, 0.15) is 5.82 Å². The lowest BCUT2D eigenvalue weighted by Crippen LogP contribution is -2.28. The third kappa shape index (κ3) is 2.80. The number of halogens is 2. The second-order valence-electron chi connectivity index (χ2n) is 5.01. The Morgan fingerprint density at radius 3 is 2.84 bits per heavy atom. The quantitative estimate of drug-likeness (QED) is 0.892. The molecule has 0 saturated carbocycles. The molecule has 0 aromatic heterocycles. The monoisotopic (exact) mass is 275 g/mol. The van der Waals surface area contributed by atoms with Crippen LogP contribution in [-0.4, -0.2) is 6.54 Å². The molecule has 3 rings (SSSR count). The first-order valence-corrected chi connectivity index (χ1v) is 6.83. The predicted octanol–water partition coefficient (Wildman–Crippen LogP) is 3.91. The smallest absolute Gasteiger partial charge is 0.125 e. The first kappa shape index (κ1) is 12.6. The van der Waals surface area contributed by atoms with Crippen molar-refractivity contribution in [3.05, 3.63) is 70.0 Å². The number of benzene rings is 2. The first-order chi connectivity index (χ1) is 9.22. The Balaban J connectivity index is 1.55. The fraction of sp³-hybridized carbons (Fsp3) is 0.250. The molecule has 1 aliphatic carbocycles. The summed E-state index contributed by atoms with van der Waals surface area (Å²) in [6, 6.07) is 13.2. The van der Waals surface area contributed by atoms with E-state index in [0.717, 1.165) is 18.5 Å². The topological polar surface area (TPSA) is 12.0 Å². The molecule has 0 amide bonds. The molecule has 1 nitrogen and oxygen atoms in total. The van der Waals surface area contributed by atoms with Gasteiger partial charge in [-0.1, -0.05) is 35.9 Å². The Bertz CT molecular complexity index is 577. The Hall–Kier alpha value is -1.38. The third-order valence-electron chi connectivity index (χ3n) is 3.60. The minimum absolute atomic E-state index is 0.279. The first-order valence-electron chi connectivity index (χ1n) is 6.46. The van der Waals surface area contributed by atoms with Gasteiger partial charge in [-0.25, -0.2) is 4.39 Å². The highest BCUT2D eigenvalue weighted by atomic mass is 35.5. The summed E-state index contributed by atoms with van der Waals surface area (Å²) >= 11 is 5.83. The van der Waals surface area contributed by atoms with Crippen molar-refractivity contribution in [3.8, 4) is 0 Å². The summed E-state index contributed by atoms with van der Waals surface area (Å²) in [5.74, 6) is 0.304. The van der Waals surface area contributed by atoms with Crippen molar-refractivity contribution in [1.82, 2.24) is 5.32 Å². The average molecular weight is 276 g/mol. The van der Waals surface area contributed by atoms with Crippen molar-refractivity contribution < 1.29 is 4.39 Å². The van der Waals surface area contributed by atoms with Gasteiger partial charge in [0.05, 0.1) is 0 Å². The second kappa shape index (κ2) is 5.32. The summed E-state index contributed by atoms with van der Waals surface area (Å²) in [4.78, 5) is 0. The van der Waals surface area contributed by atoms with Gasteiger partial charge in [0.15, 0.2) is 0 Å². The zero-order chi connectivity index (χ0) is 13.2. The van der Waals surface area contributed by atoms with Crippen molar-refractivity contribution >= 4 is 11.6 Å². The van der Waals surface area contributed by atoms with Crippen molar-refractivity contribution in [2.75, 3.05) is 6.54 Å². The maximum Gasteiger partial charge on any atom is 0.125 e. The number of nitrogens with one attached hydrogen (secondary N) is 1. The molecule has 3 heteroatoms. The van der Waals surface area contributed by atoms with Crippen LogP contribution in [0.2, 0.25) is 5.02 Å². The molecule has 2 aromatic carbocycles. The molecular formula is C16H15ClFN. The van der Waals surface area contributed by atoms with Crippen molar-refractivity contribution in [2.24, 2.45) is 0 Å². The molecule has 0 aliphatic heterocycles. The molecule has 1 unspecified atom stereocenters. The summed E-state index contributed by atoms with van der Waals surface area (Å²) in [7, 11) is 0. The summed E-state index contributed by atoms with van der Waals surface area (Å²) < 4.78 is 13.2. The highest BCUT2D eigenvalue weighted by molar-refractivity contribution is 6.30. The van der Waals surface area contributed by atoms with E-state index in [1.807, 2.05) is 0 Å². The molecule has 1 atom stereocenters. The summed E-state index contributed by atoms with van der Waals surface area (Å²) in [5, 5.41) is 3.82. The molecule has 1 N–H and O–H groups in total. The van der Waals surface area contributed by atoms with Crippen LogP contribution in [0, 0.1) is 5.82 Å². The van der Waals surface area contributed by atoms with Gasteiger partial charge in [-0.05, 0) is 41.3 Å². The van der Waals surface area contributed by atoms with Crippen molar-refractivity contribution in [3.63, 3.8) is 0 Å². The van der Waals surface area contributed by atoms with Gasteiger partial charge in [-0.2, -0.15) is 0 Å². The molecule has 0 radical (unpaired) electrons. The highest BCUT2D eigenvalue weighted by Crippen LogP contribution is 2.34. The zero-order valence-electron chi connectivity index (χ0n) is 10.5. The van der Waals surface area contributed by atoms with Gasteiger partial charge in [-0.3, -0.25) is 0 Å². The number of hydrogen-bond acceptors (Lipinski definition) is 1. The van der Waals surface area contributed by atoms with Crippen LogP contribution >= 0.6 is 11.6 Å². The van der Waals surface area contributed by atoms with E-state index in [0.29, 0.717) is 17.5 Å². The average Bonchev–Trinajstić information content (AvgIpc) is 2.34. The number of rotatable bonds is 4. The Labute approximate surface area is 117 Å². The molecule has 0 bridgehead atoms. The normalized spacial score (nSPS) is 16.8. The minimum Gasteiger partial charge on any atom is -0.312 e. The van der Waals surface area contributed by atoms with E-state index in [9.17, 15) is 4.39 Å². The minimum atomic E-state index is -0.279. The Morgan fingerprint density at radius 2 is 2.05 bits per heavy atom. The van der Waals surface area contributed by atoms with Crippen LogP contribution in [0.15, 0.2) is 42.5 Å². The van der Waals surface area contributed by atoms with Gasteiger partial charge in [-0.15, -0.1) is 0 Å². The van der Waals surface area contributed by atoms with Crippen LogP contribution in [0.5, 0.6) is 0 Å². The fourth-order valence-electron chi connectivity index (χ4n) is 2.65. The molecule has 1 aliphatic rings. The number of fused-ring (bicyclic) bond motifs is 1. The van der Waals surface area contributed by atoms with Crippen LogP contribution in [0.1, 0.15) is 22.6 Å². The molecule has 19 heavy (non-hydrogen) atoms. The lowest BCUT2D eigenvalue weighted by atomic mass is 9.77. The van der Waals surface area contributed by atoms with E-state index in [1.165, 1.54) is 23.3 Å². The second-order valence-corrected chi connectivity index (χ2v) is 5.44. The van der Waals surface area contributed by atoms with Gasteiger partial charge < -0.3 is 5.32 Å². The van der Waals surface area contributed by atoms with Crippen LogP contribution in [0.25, 0.3) is 0 Å². The SMILES string of the molecule is Fc1cc(Cl)cc(CNCC2Cc3ccccc32)c1. The van der Waals surface area contributed by atoms with Gasteiger partial charge >= 0.3 is 0 Å². The van der Waals surface area contributed by atoms with E-state index in [4.69, 9.17) is 11.6 Å². The van der Waals surface area contributed by atoms with Gasteiger partial charge in [0.2, 0.25) is 0 Å². The van der Waals surface area contributed by atoms with Gasteiger partial charge in [0.25, 0.3) is 0 Å². The Kier molecular flexibility index (Phi) is 3.54. The highest BCUT2D eigenvalue weighted by Gasteiger charge is 2.24. The van der Waals surface area contributed by atoms with Crippen molar-refractivity contribution in [2.45, 2.75) is 18.9 Å². The molecule has 2 aromatic rings. The summed E-state index contributed by atoms with van der Waals surface area (Å²) in [6.07, 6.45) is 1.13. The van der Waals surface area contributed by atoms with E-state index in [1.54, 1.807) is 6.07 Å². The molecule has 98 valence electrons. The predicted molar refractivity (Wildman–Crippen MR) is 76.0 cm³/mol. The largest absolute Gasteiger partial charge is 0.312 e. The van der Waals surface area contributed by atoms with E-state index < -0.39 is 0 Å². The van der Waals surface area contributed by atoms with E-state index in [2.05, 4.69) is 29.6 Å². The fourth-order valence-corrected chi connectivity index (χ4v) is 2.89. The lowest BCUT2D eigenvalue weighted by molar-refractivity contribution is 0.534. The summed E-state index contributed by atoms with van der Waals surface area (Å²) in [5.41, 5.74) is 3.77. The van der Waals surface area contributed by atoms with E-state index in [-0.39, 0.29) is 5.82 Å². The van der Waals surface area contributed by atoms with E-state index >= 15 is 0 Å². The molecule has 0 saturated heterocycles. The van der Waals surface area contributed by atoms with Crippen molar-refractivity contribution in [1.29, 1.82) is 0 Å². The maximum absolute atomic E-state index is 13.2. The molecular weight excluding hydrogens is 261 g/mol. The standard InChI is InChI=1S/C16H15ClFN/c17-14-5-11(6-15(18)8-14)9-19-10-13-7-12-3-1-2-4-16(12)13/h1-6,8,13,19H,7,9-10H2. The third-order valence-corrected chi connectivity index (χ3v) is 3.82. The molecule has 0 fully saturated rings. The molecule has 0 spiro atoms. The van der Waals surface area contributed by atoms with Crippen LogP contribution in [0.3, 0.4) is 0 Å². The Morgan fingerprint density at radius 1 is 1.21 bits per heavy atom. The number of hydrogen-bond donors (Lipinski definition) is 1. The molecule has 0 heterocycles.